The zero-order valence-corrected chi connectivity index (χ0v) is 15.6. The van der Waals surface area contributed by atoms with Crippen molar-refractivity contribution in [2.45, 2.75) is 31.5 Å². The van der Waals surface area contributed by atoms with Crippen LogP contribution in [0.3, 0.4) is 0 Å². The van der Waals surface area contributed by atoms with E-state index in [2.05, 4.69) is 5.32 Å². The Labute approximate surface area is 153 Å². The monoisotopic (exact) mass is 374 g/mol. The van der Waals surface area contributed by atoms with Gasteiger partial charge in [0.05, 0.1) is 17.6 Å². The van der Waals surface area contributed by atoms with Crippen molar-refractivity contribution >= 4 is 21.6 Å². The summed E-state index contributed by atoms with van der Waals surface area (Å²) < 4.78 is 32.4. The highest BCUT2D eigenvalue weighted by Gasteiger charge is 2.37. The second-order valence-electron chi connectivity index (χ2n) is 6.45. The van der Waals surface area contributed by atoms with Crippen molar-refractivity contribution in [1.82, 2.24) is 4.31 Å². The Hall–Kier alpha value is -2.22. The predicted octanol–water partition coefficient (Wildman–Crippen LogP) is 2.54. The molecule has 1 heterocycles. The summed E-state index contributed by atoms with van der Waals surface area (Å²) in [5, 5.41) is 2.62. The first kappa shape index (κ1) is 18.6. The van der Waals surface area contributed by atoms with Gasteiger partial charge in [0.25, 0.3) is 0 Å². The van der Waals surface area contributed by atoms with Crippen LogP contribution in [0.15, 0.2) is 53.4 Å². The minimum atomic E-state index is -3.53. The third kappa shape index (κ3) is 4.30. The van der Waals surface area contributed by atoms with E-state index in [1.165, 1.54) is 28.9 Å². The summed E-state index contributed by atoms with van der Waals surface area (Å²) in [5.74, 6) is -0.197. The average molecular weight is 374 g/mol. The van der Waals surface area contributed by atoms with Gasteiger partial charge in [-0.2, -0.15) is 4.31 Å². The molecule has 26 heavy (non-hydrogen) atoms. The molecule has 0 bridgehead atoms. The van der Waals surface area contributed by atoms with Crippen molar-refractivity contribution < 1.29 is 17.9 Å². The second-order valence-corrected chi connectivity index (χ2v) is 8.38. The van der Waals surface area contributed by atoms with Crippen LogP contribution in [-0.4, -0.2) is 37.8 Å². The molecule has 3 rings (SSSR count). The summed E-state index contributed by atoms with van der Waals surface area (Å²) in [7, 11) is -3.53. The van der Waals surface area contributed by atoms with E-state index in [1.54, 1.807) is 12.1 Å². The number of anilines is 1. The van der Waals surface area contributed by atoms with Crippen molar-refractivity contribution in [3.63, 3.8) is 0 Å². The minimum Gasteiger partial charge on any atom is -0.371 e. The smallest absolute Gasteiger partial charge is 0.243 e. The van der Waals surface area contributed by atoms with Gasteiger partial charge in [-0.1, -0.05) is 29.8 Å². The fourth-order valence-corrected chi connectivity index (χ4v) is 4.17. The van der Waals surface area contributed by atoms with E-state index in [0.29, 0.717) is 25.4 Å². The average Bonchev–Trinajstić information content (AvgIpc) is 2.55. The largest absolute Gasteiger partial charge is 0.371 e. The van der Waals surface area contributed by atoms with E-state index >= 15 is 0 Å². The molecular weight excluding hydrogens is 352 g/mol. The van der Waals surface area contributed by atoms with Gasteiger partial charge < -0.3 is 10.1 Å². The van der Waals surface area contributed by atoms with Gasteiger partial charge >= 0.3 is 0 Å². The topological polar surface area (TPSA) is 75.7 Å². The zero-order valence-electron chi connectivity index (χ0n) is 14.8. The van der Waals surface area contributed by atoms with E-state index in [4.69, 9.17) is 4.74 Å². The highest BCUT2D eigenvalue weighted by molar-refractivity contribution is 7.89. The van der Waals surface area contributed by atoms with Gasteiger partial charge in [0.1, 0.15) is 0 Å². The quantitative estimate of drug-likeness (QED) is 0.843. The van der Waals surface area contributed by atoms with Crippen molar-refractivity contribution in [2.75, 3.05) is 18.4 Å². The molecular formula is C19H22N2O4S. The molecule has 1 aliphatic heterocycles. The molecule has 1 amide bonds. The standard InChI is InChI=1S/C19H22N2O4S/c1-14-3-5-16(6-4-14)13-25-18-11-21(12-18)26(23,24)19-9-7-17(8-10-19)20-15(2)22/h3-10,18H,11-13H2,1-2H3,(H,20,22). The second kappa shape index (κ2) is 7.57. The molecule has 0 atom stereocenters. The Kier molecular flexibility index (Phi) is 5.41. The Bertz CT molecular complexity index is 871. The predicted molar refractivity (Wildman–Crippen MR) is 99.3 cm³/mol. The van der Waals surface area contributed by atoms with Crippen LogP contribution < -0.4 is 5.32 Å². The lowest BCUT2D eigenvalue weighted by Crippen LogP contribution is -2.54. The molecule has 7 heteroatoms. The maximum Gasteiger partial charge on any atom is 0.243 e. The van der Waals surface area contributed by atoms with Crippen LogP contribution in [0.2, 0.25) is 0 Å². The molecule has 1 saturated heterocycles. The summed E-state index contributed by atoms with van der Waals surface area (Å²) in [4.78, 5) is 11.2. The molecule has 0 aromatic heterocycles. The first-order valence-electron chi connectivity index (χ1n) is 8.39. The first-order valence-corrected chi connectivity index (χ1v) is 9.83. The van der Waals surface area contributed by atoms with Crippen molar-refractivity contribution in [2.24, 2.45) is 0 Å². The maximum atomic E-state index is 12.6. The number of amides is 1. The summed E-state index contributed by atoms with van der Waals surface area (Å²) in [6.45, 7) is 4.61. The van der Waals surface area contributed by atoms with Crippen molar-refractivity contribution in [3.8, 4) is 0 Å². The molecule has 1 aliphatic rings. The number of hydrogen-bond donors (Lipinski definition) is 1. The lowest BCUT2D eigenvalue weighted by molar-refractivity contribution is -0.114. The van der Waals surface area contributed by atoms with E-state index < -0.39 is 10.0 Å². The number of carbonyl (C=O) groups is 1. The van der Waals surface area contributed by atoms with Crippen molar-refractivity contribution in [3.05, 3.63) is 59.7 Å². The van der Waals surface area contributed by atoms with Gasteiger partial charge in [0.15, 0.2) is 0 Å². The normalized spacial score (nSPS) is 15.5. The Morgan fingerprint density at radius 1 is 1.12 bits per heavy atom. The third-order valence-corrected chi connectivity index (χ3v) is 6.08. The number of hydrogen-bond acceptors (Lipinski definition) is 4. The van der Waals surface area contributed by atoms with Crippen LogP contribution in [0.4, 0.5) is 5.69 Å². The van der Waals surface area contributed by atoms with Gasteiger partial charge in [0.2, 0.25) is 15.9 Å². The number of aryl methyl sites for hydroxylation is 1. The SMILES string of the molecule is CC(=O)Nc1ccc(S(=O)(=O)N2CC(OCc3ccc(C)cc3)C2)cc1. The van der Waals surface area contributed by atoms with Crippen LogP contribution >= 0.6 is 0 Å². The third-order valence-electron chi connectivity index (χ3n) is 4.23. The van der Waals surface area contributed by atoms with E-state index in [0.717, 1.165) is 5.56 Å². The number of sulfonamides is 1. The molecule has 0 spiro atoms. The Morgan fingerprint density at radius 3 is 2.31 bits per heavy atom. The molecule has 0 unspecified atom stereocenters. The summed E-state index contributed by atoms with van der Waals surface area (Å²) >= 11 is 0. The van der Waals surface area contributed by atoms with Crippen molar-refractivity contribution in [1.29, 1.82) is 0 Å². The highest BCUT2D eigenvalue weighted by Crippen LogP contribution is 2.24. The zero-order chi connectivity index (χ0) is 18.7. The van der Waals surface area contributed by atoms with Crippen LogP contribution in [0, 0.1) is 6.92 Å². The molecule has 1 N–H and O–H groups in total. The molecule has 2 aromatic carbocycles. The first-order chi connectivity index (χ1) is 12.3. The number of nitrogens with zero attached hydrogens (tertiary/aromatic N) is 1. The molecule has 0 radical (unpaired) electrons. The number of nitrogens with one attached hydrogen (secondary N) is 1. The van der Waals surface area contributed by atoms with Gasteiger partial charge in [0, 0.05) is 25.7 Å². The fourth-order valence-electron chi connectivity index (χ4n) is 2.66. The number of ether oxygens (including phenoxy) is 1. The number of rotatable bonds is 6. The van der Waals surface area contributed by atoms with Crippen LogP contribution in [0.1, 0.15) is 18.1 Å². The van der Waals surface area contributed by atoms with Gasteiger partial charge in [-0.05, 0) is 36.8 Å². The van der Waals surface area contributed by atoms with E-state index in [1.807, 2.05) is 31.2 Å². The Balaban J connectivity index is 1.53. The summed E-state index contributed by atoms with van der Waals surface area (Å²) in [5.41, 5.74) is 2.84. The fraction of sp³-hybridized carbons (Fsp3) is 0.316. The van der Waals surface area contributed by atoms with E-state index in [-0.39, 0.29) is 16.9 Å². The summed E-state index contributed by atoms with van der Waals surface area (Å²) in [6.07, 6.45) is -0.0928. The lowest BCUT2D eigenvalue weighted by Gasteiger charge is -2.37. The maximum absolute atomic E-state index is 12.6. The Morgan fingerprint density at radius 2 is 1.73 bits per heavy atom. The number of benzene rings is 2. The van der Waals surface area contributed by atoms with Gasteiger partial charge in [-0.25, -0.2) is 8.42 Å². The molecule has 0 saturated carbocycles. The van der Waals surface area contributed by atoms with Gasteiger partial charge in [-0.3, -0.25) is 4.79 Å². The van der Waals surface area contributed by atoms with Crippen LogP contribution in [-0.2, 0) is 26.2 Å². The molecule has 6 nitrogen and oxygen atoms in total. The lowest BCUT2D eigenvalue weighted by atomic mass is 10.1. The van der Waals surface area contributed by atoms with Gasteiger partial charge in [-0.15, -0.1) is 0 Å². The van der Waals surface area contributed by atoms with Crippen LogP contribution in [0.25, 0.3) is 0 Å². The molecule has 1 fully saturated rings. The number of carbonyl (C=O) groups excluding carboxylic acids is 1. The van der Waals surface area contributed by atoms with Crippen LogP contribution in [0.5, 0.6) is 0 Å². The molecule has 138 valence electrons. The van der Waals surface area contributed by atoms with E-state index in [9.17, 15) is 13.2 Å². The highest BCUT2D eigenvalue weighted by atomic mass is 32.2. The minimum absolute atomic E-state index is 0.0928. The molecule has 0 aliphatic carbocycles. The molecule has 2 aromatic rings. The summed E-state index contributed by atoms with van der Waals surface area (Å²) in [6, 6.07) is 14.3.